The van der Waals surface area contributed by atoms with Crippen LogP contribution >= 0.6 is 11.8 Å². The van der Waals surface area contributed by atoms with E-state index in [-0.39, 0.29) is 11.1 Å². The minimum absolute atomic E-state index is 0.0568. The SMILES string of the molecule is CC(C)(N)CSCC1CCC(C)(C)O1. The van der Waals surface area contributed by atoms with Crippen LogP contribution in [0.4, 0.5) is 0 Å². The molecule has 0 aliphatic carbocycles. The first kappa shape index (κ1) is 12.3. The van der Waals surface area contributed by atoms with Crippen LogP contribution in [0.5, 0.6) is 0 Å². The molecule has 1 fully saturated rings. The van der Waals surface area contributed by atoms with Gasteiger partial charge in [0.25, 0.3) is 0 Å². The summed E-state index contributed by atoms with van der Waals surface area (Å²) in [4.78, 5) is 0. The zero-order valence-electron chi connectivity index (χ0n) is 9.80. The Balaban J connectivity index is 2.15. The highest BCUT2D eigenvalue weighted by molar-refractivity contribution is 7.99. The Morgan fingerprint density at radius 1 is 1.50 bits per heavy atom. The Morgan fingerprint density at radius 3 is 2.57 bits per heavy atom. The molecule has 1 rings (SSSR count). The fourth-order valence-corrected chi connectivity index (χ4v) is 2.79. The van der Waals surface area contributed by atoms with Crippen LogP contribution in [0.1, 0.15) is 40.5 Å². The van der Waals surface area contributed by atoms with Crippen LogP contribution in [0.25, 0.3) is 0 Å². The van der Waals surface area contributed by atoms with Crippen LogP contribution in [0, 0.1) is 0 Å². The second-order valence-corrected chi connectivity index (χ2v) is 6.57. The molecule has 0 spiro atoms. The van der Waals surface area contributed by atoms with Crippen molar-refractivity contribution in [2.45, 2.75) is 57.8 Å². The van der Waals surface area contributed by atoms with Gasteiger partial charge in [-0.25, -0.2) is 0 Å². The number of thioether (sulfide) groups is 1. The number of hydrogen-bond acceptors (Lipinski definition) is 3. The Morgan fingerprint density at radius 2 is 2.14 bits per heavy atom. The van der Waals surface area contributed by atoms with Gasteiger partial charge in [-0.05, 0) is 40.5 Å². The first-order chi connectivity index (χ1) is 6.29. The molecule has 1 aliphatic rings. The second kappa shape index (κ2) is 4.42. The van der Waals surface area contributed by atoms with Crippen molar-refractivity contribution in [2.24, 2.45) is 5.73 Å². The van der Waals surface area contributed by atoms with E-state index in [9.17, 15) is 0 Å². The highest BCUT2D eigenvalue weighted by Crippen LogP contribution is 2.31. The van der Waals surface area contributed by atoms with Gasteiger partial charge in [0.1, 0.15) is 0 Å². The minimum Gasteiger partial charge on any atom is -0.371 e. The van der Waals surface area contributed by atoms with Crippen LogP contribution < -0.4 is 5.73 Å². The lowest BCUT2D eigenvalue weighted by atomic mass is 10.1. The molecule has 0 saturated carbocycles. The van der Waals surface area contributed by atoms with Gasteiger partial charge in [-0.15, -0.1) is 0 Å². The van der Waals surface area contributed by atoms with Gasteiger partial charge in [-0.1, -0.05) is 0 Å². The van der Waals surface area contributed by atoms with Crippen molar-refractivity contribution in [1.29, 1.82) is 0 Å². The van der Waals surface area contributed by atoms with Crippen molar-refractivity contribution < 1.29 is 4.74 Å². The maximum absolute atomic E-state index is 5.91. The smallest absolute Gasteiger partial charge is 0.0673 e. The van der Waals surface area contributed by atoms with E-state index in [1.165, 1.54) is 12.8 Å². The molecule has 0 aromatic carbocycles. The average Bonchev–Trinajstić information content (AvgIpc) is 2.27. The largest absolute Gasteiger partial charge is 0.371 e. The summed E-state index contributed by atoms with van der Waals surface area (Å²) in [6.07, 6.45) is 2.83. The quantitative estimate of drug-likeness (QED) is 0.785. The third kappa shape index (κ3) is 4.67. The summed E-state index contributed by atoms with van der Waals surface area (Å²) >= 11 is 1.91. The van der Waals surface area contributed by atoms with Gasteiger partial charge >= 0.3 is 0 Å². The van der Waals surface area contributed by atoms with Crippen molar-refractivity contribution in [1.82, 2.24) is 0 Å². The third-order valence-corrected chi connectivity index (χ3v) is 3.89. The zero-order valence-corrected chi connectivity index (χ0v) is 10.6. The second-order valence-electron chi connectivity index (χ2n) is 5.54. The summed E-state index contributed by atoms with van der Waals surface area (Å²) in [5.41, 5.74) is 5.96. The highest BCUT2D eigenvalue weighted by atomic mass is 32.2. The maximum Gasteiger partial charge on any atom is 0.0673 e. The molecule has 1 aliphatic heterocycles. The van der Waals surface area contributed by atoms with Crippen molar-refractivity contribution in [2.75, 3.05) is 11.5 Å². The van der Waals surface area contributed by atoms with E-state index < -0.39 is 0 Å². The summed E-state index contributed by atoms with van der Waals surface area (Å²) in [5, 5.41) is 0. The molecule has 0 bridgehead atoms. The molecule has 0 amide bonds. The van der Waals surface area contributed by atoms with Crippen molar-refractivity contribution in [3.63, 3.8) is 0 Å². The normalized spacial score (nSPS) is 26.8. The number of ether oxygens (including phenoxy) is 1. The summed E-state index contributed by atoms with van der Waals surface area (Å²) < 4.78 is 5.90. The van der Waals surface area contributed by atoms with E-state index in [4.69, 9.17) is 10.5 Å². The molecule has 1 saturated heterocycles. The average molecular weight is 217 g/mol. The molecule has 1 unspecified atom stereocenters. The topological polar surface area (TPSA) is 35.2 Å². The van der Waals surface area contributed by atoms with E-state index in [1.807, 2.05) is 11.8 Å². The maximum atomic E-state index is 5.91. The summed E-state index contributed by atoms with van der Waals surface area (Å²) in [5.74, 6) is 2.09. The molecule has 3 heteroatoms. The minimum atomic E-state index is -0.0568. The number of hydrogen-bond donors (Lipinski definition) is 1. The molecular formula is C11H23NOS. The predicted molar refractivity (Wildman–Crippen MR) is 63.8 cm³/mol. The van der Waals surface area contributed by atoms with Crippen molar-refractivity contribution in [3.05, 3.63) is 0 Å². The molecule has 1 atom stereocenters. The summed E-state index contributed by atoms with van der Waals surface area (Å²) in [6, 6.07) is 0. The van der Waals surface area contributed by atoms with Gasteiger partial charge in [0.05, 0.1) is 11.7 Å². The Bertz CT molecular complexity index is 186. The number of rotatable bonds is 4. The fourth-order valence-electron chi connectivity index (χ4n) is 1.65. The first-order valence-electron chi connectivity index (χ1n) is 5.33. The lowest BCUT2D eigenvalue weighted by molar-refractivity contribution is -0.00466. The monoisotopic (exact) mass is 217 g/mol. The van der Waals surface area contributed by atoms with Gasteiger partial charge in [-0.2, -0.15) is 11.8 Å². The van der Waals surface area contributed by atoms with Crippen LogP contribution in [-0.2, 0) is 4.74 Å². The standard InChI is InChI=1S/C11H23NOS/c1-10(2,12)8-14-7-9-5-6-11(3,4)13-9/h9H,5-8,12H2,1-4H3. The Kier molecular flexibility index (Phi) is 3.89. The van der Waals surface area contributed by atoms with E-state index in [1.54, 1.807) is 0 Å². The first-order valence-corrected chi connectivity index (χ1v) is 6.48. The van der Waals surface area contributed by atoms with Crippen LogP contribution in [0.3, 0.4) is 0 Å². The van der Waals surface area contributed by atoms with Gasteiger partial charge in [0.2, 0.25) is 0 Å². The molecule has 0 aromatic rings. The van der Waals surface area contributed by atoms with E-state index in [2.05, 4.69) is 27.7 Å². The molecule has 0 aromatic heterocycles. The molecule has 84 valence electrons. The fraction of sp³-hybridized carbons (Fsp3) is 1.00. The highest BCUT2D eigenvalue weighted by Gasteiger charge is 2.31. The summed E-state index contributed by atoms with van der Waals surface area (Å²) in [7, 11) is 0. The molecule has 2 N–H and O–H groups in total. The van der Waals surface area contributed by atoms with Crippen molar-refractivity contribution in [3.8, 4) is 0 Å². The van der Waals surface area contributed by atoms with Crippen LogP contribution in [0.15, 0.2) is 0 Å². The third-order valence-electron chi connectivity index (χ3n) is 2.33. The van der Waals surface area contributed by atoms with Crippen LogP contribution in [-0.4, -0.2) is 28.7 Å². The van der Waals surface area contributed by atoms with Gasteiger partial charge in [-0.3, -0.25) is 0 Å². The molecule has 1 heterocycles. The van der Waals surface area contributed by atoms with E-state index in [0.717, 1.165) is 11.5 Å². The lowest BCUT2D eigenvalue weighted by Gasteiger charge is -2.21. The zero-order chi connectivity index (χ0) is 10.8. The molecule has 0 radical (unpaired) electrons. The molecule has 14 heavy (non-hydrogen) atoms. The van der Waals surface area contributed by atoms with E-state index in [0.29, 0.717) is 6.10 Å². The Labute approximate surface area is 92.0 Å². The molecular weight excluding hydrogens is 194 g/mol. The van der Waals surface area contributed by atoms with Gasteiger partial charge in [0, 0.05) is 17.0 Å². The van der Waals surface area contributed by atoms with Crippen molar-refractivity contribution >= 4 is 11.8 Å². The lowest BCUT2D eigenvalue weighted by Crippen LogP contribution is -2.35. The number of nitrogens with two attached hydrogens (primary N) is 1. The van der Waals surface area contributed by atoms with Crippen LogP contribution in [0.2, 0.25) is 0 Å². The van der Waals surface area contributed by atoms with Gasteiger partial charge < -0.3 is 10.5 Å². The predicted octanol–water partition coefficient (Wildman–Crippen LogP) is 2.41. The van der Waals surface area contributed by atoms with Gasteiger partial charge in [0.15, 0.2) is 0 Å². The van der Waals surface area contributed by atoms with E-state index >= 15 is 0 Å². The Hall–Kier alpha value is 0.270. The summed E-state index contributed by atoms with van der Waals surface area (Å²) in [6.45, 7) is 8.48. The molecule has 2 nitrogen and oxygen atoms in total.